The normalized spacial score (nSPS) is 19.5. The van der Waals surface area contributed by atoms with Crippen LogP contribution in [0.1, 0.15) is 43.0 Å². The van der Waals surface area contributed by atoms with Crippen LogP contribution in [0.2, 0.25) is 5.02 Å². The van der Waals surface area contributed by atoms with Gasteiger partial charge in [-0.2, -0.15) is 5.10 Å². The maximum atomic E-state index is 6.42. The van der Waals surface area contributed by atoms with Crippen molar-refractivity contribution < 1.29 is 4.74 Å². The second-order valence-electron chi connectivity index (χ2n) is 6.19. The van der Waals surface area contributed by atoms with Crippen molar-refractivity contribution in [2.24, 2.45) is 7.05 Å². The van der Waals surface area contributed by atoms with Gasteiger partial charge in [-0.3, -0.25) is 9.58 Å². The average molecular weight is 334 g/mol. The molecule has 1 aliphatic heterocycles. The third-order valence-corrected chi connectivity index (χ3v) is 4.93. The van der Waals surface area contributed by atoms with E-state index in [9.17, 15) is 0 Å². The topological polar surface area (TPSA) is 30.3 Å². The number of ether oxygens (including phenoxy) is 1. The summed E-state index contributed by atoms with van der Waals surface area (Å²) in [6, 6.07) is 8.64. The SMILES string of the molecule is COc1cccc(CN2CCCCC[C@@H]2c2c(Cl)cnn2C)c1. The number of aryl methyl sites for hydroxylation is 1. The summed E-state index contributed by atoms with van der Waals surface area (Å²) in [7, 11) is 3.69. The maximum absolute atomic E-state index is 6.42. The molecule has 0 saturated carbocycles. The van der Waals surface area contributed by atoms with E-state index in [4.69, 9.17) is 16.3 Å². The van der Waals surface area contributed by atoms with E-state index in [1.807, 2.05) is 17.8 Å². The van der Waals surface area contributed by atoms with Crippen LogP contribution in [0, 0.1) is 0 Å². The molecule has 1 fully saturated rings. The van der Waals surface area contributed by atoms with Crippen molar-refractivity contribution in [1.82, 2.24) is 14.7 Å². The molecule has 4 nitrogen and oxygen atoms in total. The van der Waals surface area contributed by atoms with Crippen molar-refractivity contribution in [2.45, 2.75) is 38.3 Å². The fourth-order valence-corrected chi connectivity index (χ4v) is 3.76. The number of benzene rings is 1. The molecule has 124 valence electrons. The van der Waals surface area contributed by atoms with Gasteiger partial charge < -0.3 is 4.74 Å². The van der Waals surface area contributed by atoms with Crippen LogP contribution in [0.25, 0.3) is 0 Å². The summed E-state index contributed by atoms with van der Waals surface area (Å²) in [5.41, 5.74) is 2.41. The fourth-order valence-electron chi connectivity index (χ4n) is 3.47. The van der Waals surface area contributed by atoms with E-state index in [1.54, 1.807) is 13.3 Å². The van der Waals surface area contributed by atoms with E-state index in [1.165, 1.54) is 24.8 Å². The Morgan fingerprint density at radius 3 is 2.91 bits per heavy atom. The first-order valence-corrected chi connectivity index (χ1v) is 8.61. The molecule has 0 amide bonds. The van der Waals surface area contributed by atoms with Crippen LogP contribution >= 0.6 is 11.6 Å². The molecule has 1 aromatic heterocycles. The monoisotopic (exact) mass is 333 g/mol. The van der Waals surface area contributed by atoms with Crippen LogP contribution in [-0.4, -0.2) is 28.3 Å². The van der Waals surface area contributed by atoms with E-state index >= 15 is 0 Å². The highest BCUT2D eigenvalue weighted by atomic mass is 35.5. The van der Waals surface area contributed by atoms with Crippen LogP contribution in [0.3, 0.4) is 0 Å². The van der Waals surface area contributed by atoms with Gasteiger partial charge in [-0.05, 0) is 37.1 Å². The van der Waals surface area contributed by atoms with Crippen molar-refractivity contribution in [2.75, 3.05) is 13.7 Å². The number of hydrogen-bond acceptors (Lipinski definition) is 3. The standard InChI is InChI=1S/C18H24ClN3O/c1-21-18(16(19)12-20-21)17-9-4-3-5-10-22(17)13-14-7-6-8-15(11-14)23-2/h6-8,11-12,17H,3-5,9-10,13H2,1-2H3/t17-/m1/s1. The molecular weight excluding hydrogens is 310 g/mol. The van der Waals surface area contributed by atoms with E-state index in [0.29, 0.717) is 6.04 Å². The van der Waals surface area contributed by atoms with Gasteiger partial charge in [0.25, 0.3) is 0 Å². The summed E-state index contributed by atoms with van der Waals surface area (Å²) in [4.78, 5) is 2.53. The molecule has 1 atom stereocenters. The average Bonchev–Trinajstić information content (AvgIpc) is 2.75. The van der Waals surface area contributed by atoms with Crippen LogP contribution in [0.5, 0.6) is 5.75 Å². The van der Waals surface area contributed by atoms with Gasteiger partial charge in [0.05, 0.1) is 30.1 Å². The lowest BCUT2D eigenvalue weighted by Gasteiger charge is -2.30. The molecular formula is C18H24ClN3O. The summed E-state index contributed by atoms with van der Waals surface area (Å²) in [5, 5.41) is 5.10. The Labute approximate surface area is 143 Å². The molecule has 1 aromatic carbocycles. The fraction of sp³-hybridized carbons (Fsp3) is 0.500. The van der Waals surface area contributed by atoms with Crippen molar-refractivity contribution >= 4 is 11.6 Å². The zero-order valence-corrected chi connectivity index (χ0v) is 14.6. The largest absolute Gasteiger partial charge is 0.497 e. The highest BCUT2D eigenvalue weighted by molar-refractivity contribution is 6.31. The van der Waals surface area contributed by atoms with Gasteiger partial charge in [0.15, 0.2) is 0 Å². The molecule has 0 N–H and O–H groups in total. The van der Waals surface area contributed by atoms with Crippen LogP contribution in [0.4, 0.5) is 0 Å². The first-order valence-electron chi connectivity index (χ1n) is 8.23. The summed E-state index contributed by atoms with van der Waals surface area (Å²) < 4.78 is 7.28. The maximum Gasteiger partial charge on any atom is 0.119 e. The lowest BCUT2D eigenvalue weighted by molar-refractivity contribution is 0.184. The molecule has 1 aliphatic rings. The number of likely N-dealkylation sites (tertiary alicyclic amines) is 1. The lowest BCUT2D eigenvalue weighted by atomic mass is 10.1. The first kappa shape index (κ1) is 16.3. The Hall–Kier alpha value is -1.52. The summed E-state index contributed by atoms with van der Waals surface area (Å²) in [6.45, 7) is 1.99. The molecule has 5 heteroatoms. The van der Waals surface area contributed by atoms with Crippen LogP contribution in [0.15, 0.2) is 30.5 Å². The number of methoxy groups -OCH3 is 1. The Bertz CT molecular complexity index is 636. The molecule has 0 aliphatic carbocycles. The minimum atomic E-state index is 0.323. The molecule has 23 heavy (non-hydrogen) atoms. The Kier molecular flexibility index (Phi) is 5.23. The third kappa shape index (κ3) is 3.70. The second kappa shape index (κ2) is 7.37. The minimum absolute atomic E-state index is 0.323. The highest BCUT2D eigenvalue weighted by Crippen LogP contribution is 2.35. The van der Waals surface area contributed by atoms with Crippen molar-refractivity contribution in [3.63, 3.8) is 0 Å². The van der Waals surface area contributed by atoms with Gasteiger partial charge in [0.1, 0.15) is 5.75 Å². The van der Waals surface area contributed by atoms with E-state index in [-0.39, 0.29) is 0 Å². The lowest BCUT2D eigenvalue weighted by Crippen LogP contribution is -2.29. The summed E-state index contributed by atoms with van der Waals surface area (Å²) in [5.74, 6) is 0.910. The van der Waals surface area contributed by atoms with E-state index in [0.717, 1.165) is 36.0 Å². The van der Waals surface area contributed by atoms with Gasteiger partial charge in [-0.25, -0.2) is 0 Å². The van der Waals surface area contributed by atoms with Crippen LogP contribution in [-0.2, 0) is 13.6 Å². The summed E-state index contributed by atoms with van der Waals surface area (Å²) in [6.07, 6.45) is 6.63. The molecule has 0 unspecified atom stereocenters. The molecule has 0 spiro atoms. The Morgan fingerprint density at radius 1 is 1.30 bits per heavy atom. The van der Waals surface area contributed by atoms with Crippen molar-refractivity contribution in [3.8, 4) is 5.75 Å². The van der Waals surface area contributed by atoms with E-state index in [2.05, 4.69) is 28.2 Å². The number of hydrogen-bond donors (Lipinski definition) is 0. The predicted molar refractivity (Wildman–Crippen MR) is 92.8 cm³/mol. The van der Waals surface area contributed by atoms with Crippen molar-refractivity contribution in [1.29, 1.82) is 0 Å². The zero-order chi connectivity index (χ0) is 16.2. The van der Waals surface area contributed by atoms with Gasteiger partial charge >= 0.3 is 0 Å². The third-order valence-electron chi connectivity index (χ3n) is 4.64. The molecule has 0 radical (unpaired) electrons. The van der Waals surface area contributed by atoms with Crippen molar-refractivity contribution in [3.05, 3.63) is 46.7 Å². The van der Waals surface area contributed by atoms with E-state index < -0.39 is 0 Å². The molecule has 0 bridgehead atoms. The quantitative estimate of drug-likeness (QED) is 0.840. The number of rotatable bonds is 4. The number of aromatic nitrogens is 2. The predicted octanol–water partition coefficient (Wildman–Crippen LogP) is 4.20. The first-order chi connectivity index (χ1) is 11.2. The molecule has 2 aromatic rings. The highest BCUT2D eigenvalue weighted by Gasteiger charge is 2.27. The zero-order valence-electron chi connectivity index (χ0n) is 13.8. The molecule has 1 saturated heterocycles. The smallest absolute Gasteiger partial charge is 0.119 e. The minimum Gasteiger partial charge on any atom is -0.497 e. The van der Waals surface area contributed by atoms with Gasteiger partial charge in [0.2, 0.25) is 0 Å². The Balaban J connectivity index is 1.87. The Morgan fingerprint density at radius 2 is 2.17 bits per heavy atom. The molecule has 2 heterocycles. The number of halogens is 1. The van der Waals surface area contributed by atoms with Gasteiger partial charge in [-0.15, -0.1) is 0 Å². The second-order valence-corrected chi connectivity index (χ2v) is 6.60. The van der Waals surface area contributed by atoms with Gasteiger partial charge in [0, 0.05) is 13.6 Å². The van der Waals surface area contributed by atoms with Gasteiger partial charge in [-0.1, -0.05) is 36.6 Å². The summed E-state index contributed by atoms with van der Waals surface area (Å²) >= 11 is 6.42. The molecule has 3 rings (SSSR count). The van der Waals surface area contributed by atoms with Crippen LogP contribution < -0.4 is 4.74 Å². The number of nitrogens with zero attached hydrogens (tertiary/aromatic N) is 3.